The van der Waals surface area contributed by atoms with Gasteiger partial charge < -0.3 is 14.8 Å². The van der Waals surface area contributed by atoms with Gasteiger partial charge in [-0.25, -0.2) is 0 Å². The summed E-state index contributed by atoms with van der Waals surface area (Å²) in [5, 5.41) is 3.93. The molecule has 1 N–H and O–H groups in total. The van der Waals surface area contributed by atoms with Gasteiger partial charge in [-0.2, -0.15) is 0 Å². The molecule has 0 aliphatic heterocycles. The first-order valence-corrected chi connectivity index (χ1v) is 8.34. The zero-order chi connectivity index (χ0) is 14.5. The molecule has 3 saturated carbocycles. The molecule has 2 bridgehead atoms. The van der Waals surface area contributed by atoms with Gasteiger partial charge in [-0.05, 0) is 49.4 Å². The Morgan fingerprint density at radius 1 is 1.20 bits per heavy atom. The van der Waals surface area contributed by atoms with Crippen LogP contribution in [0.5, 0.6) is 0 Å². The molecular formula is C17H31NO2. The molecule has 0 aromatic carbocycles. The van der Waals surface area contributed by atoms with Gasteiger partial charge in [0.05, 0.1) is 12.2 Å². The number of hydrogen-bond acceptors (Lipinski definition) is 3. The molecule has 0 heterocycles. The van der Waals surface area contributed by atoms with Crippen molar-refractivity contribution in [2.24, 2.45) is 16.7 Å². The van der Waals surface area contributed by atoms with E-state index in [2.05, 4.69) is 33.0 Å². The van der Waals surface area contributed by atoms with E-state index in [0.717, 1.165) is 18.9 Å². The zero-order valence-electron chi connectivity index (χ0n) is 13.7. The lowest BCUT2D eigenvalue weighted by molar-refractivity contribution is -0.135. The summed E-state index contributed by atoms with van der Waals surface area (Å²) >= 11 is 0. The van der Waals surface area contributed by atoms with Crippen LogP contribution in [0.4, 0.5) is 0 Å². The molecule has 6 atom stereocenters. The molecule has 0 amide bonds. The Bertz CT molecular complexity index is 370. The summed E-state index contributed by atoms with van der Waals surface area (Å²) in [6, 6.07) is 1.13. The Hall–Kier alpha value is -0.120. The van der Waals surface area contributed by atoms with Crippen molar-refractivity contribution in [2.45, 2.75) is 77.7 Å². The van der Waals surface area contributed by atoms with Gasteiger partial charge in [0.1, 0.15) is 0 Å². The van der Waals surface area contributed by atoms with Crippen LogP contribution in [0.2, 0.25) is 0 Å². The standard InChI is InChI=1S/C17H31NO2/c1-6-20-13-10-12(15(13)19-5)18-14-9-11-7-8-17(14,4)16(11,2)3/h11-15,18H,6-10H2,1-5H3. The first kappa shape index (κ1) is 14.8. The number of nitrogens with one attached hydrogen (secondary N) is 1. The molecule has 3 rings (SSSR count). The minimum Gasteiger partial charge on any atom is -0.377 e. The monoisotopic (exact) mass is 281 g/mol. The average Bonchev–Trinajstić information content (AvgIpc) is 2.70. The number of rotatable bonds is 5. The van der Waals surface area contributed by atoms with Crippen molar-refractivity contribution in [3.63, 3.8) is 0 Å². The van der Waals surface area contributed by atoms with E-state index in [1.165, 1.54) is 19.3 Å². The third kappa shape index (κ3) is 1.89. The molecule has 0 aromatic rings. The lowest BCUT2D eigenvalue weighted by Gasteiger charge is -2.48. The highest BCUT2D eigenvalue weighted by atomic mass is 16.5. The molecule has 0 spiro atoms. The summed E-state index contributed by atoms with van der Waals surface area (Å²) in [5.41, 5.74) is 0.933. The molecule has 6 unspecified atom stereocenters. The molecule has 3 nitrogen and oxygen atoms in total. The normalized spacial score (nSPS) is 49.4. The Labute approximate surface area is 123 Å². The minimum atomic E-state index is 0.237. The van der Waals surface area contributed by atoms with Gasteiger partial charge in [-0.3, -0.25) is 0 Å². The molecule has 0 radical (unpaired) electrons. The van der Waals surface area contributed by atoms with Gasteiger partial charge in [0.25, 0.3) is 0 Å². The summed E-state index contributed by atoms with van der Waals surface area (Å²) in [7, 11) is 1.82. The van der Waals surface area contributed by atoms with Crippen LogP contribution in [-0.2, 0) is 9.47 Å². The van der Waals surface area contributed by atoms with E-state index in [-0.39, 0.29) is 6.10 Å². The van der Waals surface area contributed by atoms with Crippen LogP contribution in [0.25, 0.3) is 0 Å². The van der Waals surface area contributed by atoms with Crippen LogP contribution in [0.15, 0.2) is 0 Å². The molecule has 116 valence electrons. The number of fused-ring (bicyclic) bond motifs is 2. The second-order valence-electron chi connectivity index (χ2n) is 7.87. The first-order valence-electron chi connectivity index (χ1n) is 8.34. The van der Waals surface area contributed by atoms with Gasteiger partial charge in [0.15, 0.2) is 0 Å². The topological polar surface area (TPSA) is 30.5 Å². The fourth-order valence-corrected chi connectivity index (χ4v) is 5.15. The van der Waals surface area contributed by atoms with Crippen molar-refractivity contribution in [3.05, 3.63) is 0 Å². The third-order valence-corrected chi connectivity index (χ3v) is 7.11. The average molecular weight is 281 g/mol. The quantitative estimate of drug-likeness (QED) is 0.840. The van der Waals surface area contributed by atoms with Gasteiger partial charge in [0, 0.05) is 25.8 Å². The van der Waals surface area contributed by atoms with E-state index in [1.807, 2.05) is 7.11 Å². The van der Waals surface area contributed by atoms with Crippen molar-refractivity contribution in [3.8, 4) is 0 Å². The zero-order valence-corrected chi connectivity index (χ0v) is 13.7. The molecule has 3 fully saturated rings. The van der Waals surface area contributed by atoms with Crippen molar-refractivity contribution in [1.82, 2.24) is 5.32 Å². The SMILES string of the molecule is CCOC1CC(NC2CC3CCC2(C)C3(C)C)C1OC. The summed E-state index contributed by atoms with van der Waals surface area (Å²) < 4.78 is 11.4. The van der Waals surface area contributed by atoms with Crippen molar-refractivity contribution in [1.29, 1.82) is 0 Å². The number of methoxy groups -OCH3 is 1. The summed E-state index contributed by atoms with van der Waals surface area (Å²) in [6.07, 6.45) is 5.77. The smallest absolute Gasteiger partial charge is 0.0986 e. The lowest BCUT2D eigenvalue weighted by Crippen LogP contribution is -2.63. The van der Waals surface area contributed by atoms with Crippen LogP contribution in [0.3, 0.4) is 0 Å². The van der Waals surface area contributed by atoms with Crippen LogP contribution < -0.4 is 5.32 Å². The molecule has 0 saturated heterocycles. The van der Waals surface area contributed by atoms with E-state index in [4.69, 9.17) is 9.47 Å². The van der Waals surface area contributed by atoms with Gasteiger partial charge in [-0.1, -0.05) is 20.8 Å². The van der Waals surface area contributed by atoms with E-state index in [0.29, 0.717) is 29.0 Å². The molecular weight excluding hydrogens is 250 g/mol. The summed E-state index contributed by atoms with van der Waals surface area (Å²) in [5.74, 6) is 0.897. The molecule has 20 heavy (non-hydrogen) atoms. The van der Waals surface area contributed by atoms with Crippen molar-refractivity contribution >= 4 is 0 Å². The molecule has 3 aliphatic rings. The van der Waals surface area contributed by atoms with Crippen LogP contribution in [0.1, 0.15) is 53.4 Å². The maximum absolute atomic E-state index is 5.74. The minimum absolute atomic E-state index is 0.237. The third-order valence-electron chi connectivity index (χ3n) is 7.11. The van der Waals surface area contributed by atoms with Crippen LogP contribution >= 0.6 is 0 Å². The first-order chi connectivity index (χ1) is 9.44. The highest BCUT2D eigenvalue weighted by Gasteiger charge is 2.62. The summed E-state index contributed by atoms with van der Waals surface area (Å²) in [6.45, 7) is 10.3. The van der Waals surface area contributed by atoms with Gasteiger partial charge in [0.2, 0.25) is 0 Å². The maximum Gasteiger partial charge on any atom is 0.0986 e. The lowest BCUT2D eigenvalue weighted by atomic mass is 9.68. The number of hydrogen-bond donors (Lipinski definition) is 1. The van der Waals surface area contributed by atoms with E-state index >= 15 is 0 Å². The molecule has 3 heteroatoms. The predicted octanol–water partition coefficient (Wildman–Crippen LogP) is 2.98. The fraction of sp³-hybridized carbons (Fsp3) is 1.00. The second-order valence-corrected chi connectivity index (χ2v) is 7.87. The van der Waals surface area contributed by atoms with Gasteiger partial charge in [-0.15, -0.1) is 0 Å². The van der Waals surface area contributed by atoms with E-state index in [9.17, 15) is 0 Å². The Morgan fingerprint density at radius 3 is 2.45 bits per heavy atom. The second kappa shape index (κ2) is 4.96. The van der Waals surface area contributed by atoms with E-state index in [1.54, 1.807) is 0 Å². The highest BCUT2D eigenvalue weighted by Crippen LogP contribution is 2.65. The van der Waals surface area contributed by atoms with Crippen LogP contribution in [-0.4, -0.2) is 38.0 Å². The Kier molecular flexibility index (Phi) is 3.67. The van der Waals surface area contributed by atoms with Gasteiger partial charge >= 0.3 is 0 Å². The maximum atomic E-state index is 5.74. The van der Waals surface area contributed by atoms with Crippen molar-refractivity contribution < 1.29 is 9.47 Å². The summed E-state index contributed by atoms with van der Waals surface area (Å²) in [4.78, 5) is 0. The predicted molar refractivity (Wildman–Crippen MR) is 80.8 cm³/mol. The molecule has 0 aromatic heterocycles. The Morgan fingerprint density at radius 2 is 1.95 bits per heavy atom. The van der Waals surface area contributed by atoms with E-state index < -0.39 is 0 Å². The molecule has 3 aliphatic carbocycles. The highest BCUT2D eigenvalue weighted by molar-refractivity contribution is 5.14. The van der Waals surface area contributed by atoms with Crippen molar-refractivity contribution in [2.75, 3.05) is 13.7 Å². The Balaban J connectivity index is 1.63. The van der Waals surface area contributed by atoms with Crippen LogP contribution in [0, 0.1) is 16.7 Å². The fourth-order valence-electron chi connectivity index (χ4n) is 5.15. The number of ether oxygens (including phenoxy) is 2. The largest absolute Gasteiger partial charge is 0.377 e.